The summed E-state index contributed by atoms with van der Waals surface area (Å²) in [5, 5.41) is 12.8. The molecule has 2 aromatic heterocycles. The maximum atomic E-state index is 12.5. The highest BCUT2D eigenvalue weighted by molar-refractivity contribution is 5.86. The summed E-state index contributed by atoms with van der Waals surface area (Å²) in [5.41, 5.74) is 0.952. The number of hydrogen-bond donors (Lipinski definition) is 1. The van der Waals surface area contributed by atoms with E-state index in [1.54, 1.807) is 17.3 Å². The molecule has 1 aliphatic heterocycles. The van der Waals surface area contributed by atoms with E-state index in [0.29, 0.717) is 37.7 Å². The van der Waals surface area contributed by atoms with Gasteiger partial charge in [0.05, 0.1) is 12.4 Å². The van der Waals surface area contributed by atoms with Crippen LogP contribution in [0, 0.1) is 0 Å². The molecule has 4 rings (SSSR count). The van der Waals surface area contributed by atoms with Crippen molar-refractivity contribution in [2.24, 2.45) is 0 Å². The highest BCUT2D eigenvalue weighted by Crippen LogP contribution is 2.21. The summed E-state index contributed by atoms with van der Waals surface area (Å²) in [6, 6.07) is 8.81. The third kappa shape index (κ3) is 4.61. The van der Waals surface area contributed by atoms with Gasteiger partial charge in [-0.15, -0.1) is 0 Å². The maximum Gasteiger partial charge on any atom is 0.356 e. The van der Waals surface area contributed by atoms with E-state index < -0.39 is 5.97 Å². The van der Waals surface area contributed by atoms with Gasteiger partial charge in [0.2, 0.25) is 0 Å². The van der Waals surface area contributed by atoms with Gasteiger partial charge in [0.1, 0.15) is 12.1 Å². The number of hydrogen-bond acceptors (Lipinski definition) is 7. The summed E-state index contributed by atoms with van der Waals surface area (Å²) in [6.07, 6.45) is 6.04. The zero-order valence-corrected chi connectivity index (χ0v) is 16.1. The minimum absolute atomic E-state index is 0.147. The van der Waals surface area contributed by atoms with Crippen LogP contribution in [-0.4, -0.2) is 72.8 Å². The van der Waals surface area contributed by atoms with Crippen molar-refractivity contribution in [3.63, 3.8) is 0 Å². The van der Waals surface area contributed by atoms with Gasteiger partial charge in [0.25, 0.3) is 0 Å². The fourth-order valence-electron chi connectivity index (χ4n) is 3.23. The molecule has 1 aliphatic rings. The molecule has 0 saturated carbocycles. The van der Waals surface area contributed by atoms with Gasteiger partial charge in [-0.3, -0.25) is 4.90 Å². The quantitative estimate of drug-likeness (QED) is 0.681. The molecule has 1 fully saturated rings. The lowest BCUT2D eigenvalue weighted by Crippen LogP contribution is -2.49. The van der Waals surface area contributed by atoms with Crippen molar-refractivity contribution >= 4 is 12.0 Å². The second-order valence-electron chi connectivity index (χ2n) is 6.82. The molecular weight excluding hydrogens is 388 g/mol. The van der Waals surface area contributed by atoms with Crippen LogP contribution in [-0.2, 0) is 6.54 Å². The van der Waals surface area contributed by atoms with E-state index in [2.05, 4.69) is 20.0 Å². The minimum Gasteiger partial charge on any atom is -0.476 e. The Morgan fingerprint density at radius 2 is 1.80 bits per heavy atom. The molecule has 0 unspecified atom stereocenters. The molecule has 0 atom stereocenters. The number of carboxylic acid groups (broad SMARTS) is 1. The zero-order valence-electron chi connectivity index (χ0n) is 16.1. The molecule has 1 amide bonds. The number of carboxylic acids is 1. The molecule has 1 N–H and O–H groups in total. The van der Waals surface area contributed by atoms with Crippen LogP contribution in [0.4, 0.5) is 4.79 Å². The molecule has 30 heavy (non-hydrogen) atoms. The van der Waals surface area contributed by atoms with Gasteiger partial charge in [-0.25, -0.2) is 19.6 Å². The summed E-state index contributed by atoms with van der Waals surface area (Å²) in [5.74, 6) is 0.132. The molecule has 1 saturated heterocycles. The number of benzene rings is 1. The predicted molar refractivity (Wildman–Crippen MR) is 105 cm³/mol. The Morgan fingerprint density at radius 1 is 1.03 bits per heavy atom. The van der Waals surface area contributed by atoms with Crippen molar-refractivity contribution in [3.05, 3.63) is 66.5 Å². The number of rotatable bonds is 5. The fraction of sp³-hybridized carbons (Fsp3) is 0.250. The Labute approximate surface area is 172 Å². The highest BCUT2D eigenvalue weighted by Gasteiger charge is 2.23. The monoisotopic (exact) mass is 408 g/mol. The van der Waals surface area contributed by atoms with Crippen LogP contribution < -0.4 is 4.74 Å². The van der Waals surface area contributed by atoms with Crippen molar-refractivity contribution in [2.75, 3.05) is 26.2 Å². The van der Waals surface area contributed by atoms with E-state index in [9.17, 15) is 9.59 Å². The number of piperazine rings is 1. The van der Waals surface area contributed by atoms with Crippen LogP contribution in [0.5, 0.6) is 11.5 Å². The molecular formula is C20H20N6O4. The first-order valence-corrected chi connectivity index (χ1v) is 9.41. The zero-order chi connectivity index (χ0) is 20.9. The van der Waals surface area contributed by atoms with E-state index in [1.165, 1.54) is 18.6 Å². The first-order chi connectivity index (χ1) is 14.6. The lowest BCUT2D eigenvalue weighted by Gasteiger charge is -2.34. The lowest BCUT2D eigenvalue weighted by molar-refractivity contribution is 0.0689. The Morgan fingerprint density at radius 3 is 2.50 bits per heavy atom. The summed E-state index contributed by atoms with van der Waals surface area (Å²) in [6.45, 7) is 3.22. The minimum atomic E-state index is -1.16. The summed E-state index contributed by atoms with van der Waals surface area (Å²) in [7, 11) is 0. The smallest absolute Gasteiger partial charge is 0.356 e. The standard InChI is InChI=1S/C20H20N6O4/c27-19(28)18-4-5-26(23-18)20(29)25-8-6-24(7-9-25)13-15-2-1-3-16(10-15)30-17-11-21-14-22-12-17/h1-5,10-12,14H,6-9,13H2,(H,27,28). The van der Waals surface area contributed by atoms with Gasteiger partial charge in [-0.05, 0) is 23.8 Å². The number of nitrogens with zero attached hydrogens (tertiary/aromatic N) is 6. The largest absolute Gasteiger partial charge is 0.476 e. The molecule has 1 aromatic carbocycles. The summed E-state index contributed by atoms with van der Waals surface area (Å²) >= 11 is 0. The Bertz CT molecular complexity index is 1030. The van der Waals surface area contributed by atoms with E-state index in [1.807, 2.05) is 24.3 Å². The van der Waals surface area contributed by atoms with Gasteiger partial charge < -0.3 is 14.7 Å². The van der Waals surface area contributed by atoms with Crippen molar-refractivity contribution in [3.8, 4) is 11.5 Å². The first kappa shape index (κ1) is 19.5. The van der Waals surface area contributed by atoms with Gasteiger partial charge in [0, 0.05) is 38.9 Å². The first-order valence-electron chi connectivity index (χ1n) is 9.41. The maximum absolute atomic E-state index is 12.5. The van der Waals surface area contributed by atoms with Crippen molar-refractivity contribution in [1.82, 2.24) is 29.5 Å². The fourth-order valence-corrected chi connectivity index (χ4v) is 3.23. The molecule has 10 nitrogen and oxygen atoms in total. The van der Waals surface area contributed by atoms with Crippen LogP contribution >= 0.6 is 0 Å². The Balaban J connectivity index is 1.32. The average molecular weight is 408 g/mol. The summed E-state index contributed by atoms with van der Waals surface area (Å²) < 4.78 is 6.85. The van der Waals surface area contributed by atoms with Gasteiger partial charge >= 0.3 is 12.0 Å². The highest BCUT2D eigenvalue weighted by atomic mass is 16.5. The molecule has 10 heteroatoms. The number of aromatic nitrogens is 4. The Kier molecular flexibility index (Phi) is 5.66. The molecule has 3 heterocycles. The van der Waals surface area contributed by atoms with E-state index in [0.717, 1.165) is 16.8 Å². The van der Waals surface area contributed by atoms with Crippen LogP contribution in [0.15, 0.2) is 55.2 Å². The normalized spacial score (nSPS) is 14.5. The van der Waals surface area contributed by atoms with Crippen molar-refractivity contribution in [2.45, 2.75) is 6.54 Å². The molecule has 0 radical (unpaired) electrons. The van der Waals surface area contributed by atoms with Gasteiger partial charge in [-0.1, -0.05) is 12.1 Å². The van der Waals surface area contributed by atoms with E-state index in [-0.39, 0.29) is 11.7 Å². The Hall–Kier alpha value is -3.79. The van der Waals surface area contributed by atoms with Gasteiger partial charge in [0.15, 0.2) is 11.4 Å². The molecule has 154 valence electrons. The third-order valence-corrected chi connectivity index (χ3v) is 4.72. The van der Waals surface area contributed by atoms with Crippen LogP contribution in [0.3, 0.4) is 0 Å². The number of ether oxygens (including phenoxy) is 1. The van der Waals surface area contributed by atoms with Crippen LogP contribution in [0.1, 0.15) is 16.1 Å². The van der Waals surface area contributed by atoms with Crippen LogP contribution in [0.2, 0.25) is 0 Å². The van der Waals surface area contributed by atoms with Crippen molar-refractivity contribution in [1.29, 1.82) is 0 Å². The van der Waals surface area contributed by atoms with E-state index >= 15 is 0 Å². The third-order valence-electron chi connectivity index (χ3n) is 4.72. The summed E-state index contributed by atoms with van der Waals surface area (Å²) in [4.78, 5) is 35.2. The number of amides is 1. The number of carbonyl (C=O) groups excluding carboxylic acids is 1. The average Bonchev–Trinajstić information content (AvgIpc) is 3.26. The van der Waals surface area contributed by atoms with E-state index in [4.69, 9.17) is 9.84 Å². The second-order valence-corrected chi connectivity index (χ2v) is 6.82. The topological polar surface area (TPSA) is 114 Å². The van der Waals surface area contributed by atoms with Crippen molar-refractivity contribution < 1.29 is 19.4 Å². The van der Waals surface area contributed by atoms with Crippen LogP contribution in [0.25, 0.3) is 0 Å². The SMILES string of the molecule is O=C(O)c1ccn(C(=O)N2CCN(Cc3cccc(Oc4cncnc4)c3)CC2)n1. The van der Waals surface area contributed by atoms with Gasteiger partial charge in [-0.2, -0.15) is 9.78 Å². The number of carbonyl (C=O) groups is 2. The second kappa shape index (κ2) is 8.70. The molecule has 0 spiro atoms. The predicted octanol–water partition coefficient (Wildman–Crippen LogP) is 1.95. The number of aromatic carboxylic acids is 1. The molecule has 0 aliphatic carbocycles. The molecule has 3 aromatic rings. The lowest BCUT2D eigenvalue weighted by atomic mass is 10.2. The molecule has 0 bridgehead atoms.